The first kappa shape index (κ1) is 21.7. The lowest BCUT2D eigenvalue weighted by Gasteiger charge is -2.08. The third-order valence-electron chi connectivity index (χ3n) is 4.68. The van der Waals surface area contributed by atoms with Crippen molar-refractivity contribution in [3.63, 3.8) is 0 Å². The fourth-order valence-corrected chi connectivity index (χ4v) is 4.84. The van der Waals surface area contributed by atoms with Crippen LogP contribution in [0.2, 0.25) is 0 Å². The molecular formula is C26H18O4S2. The lowest BCUT2D eigenvalue weighted by Crippen LogP contribution is -1.94. The maximum Gasteiger partial charge on any atom is 0.335 e. The summed E-state index contributed by atoms with van der Waals surface area (Å²) in [7, 11) is 0. The average molecular weight is 459 g/mol. The van der Waals surface area contributed by atoms with Gasteiger partial charge >= 0.3 is 11.9 Å². The van der Waals surface area contributed by atoms with E-state index in [1.165, 1.54) is 0 Å². The van der Waals surface area contributed by atoms with Crippen molar-refractivity contribution < 1.29 is 19.8 Å². The number of hydrogen-bond donors (Lipinski definition) is 2. The van der Waals surface area contributed by atoms with Crippen LogP contribution in [0.1, 0.15) is 20.7 Å². The SMILES string of the molecule is O=C(O)c1ccc(Sc2cccc(-c3cccc(Sc4ccc(C(=O)O)cc4)c3)c2)cc1. The molecule has 0 heterocycles. The number of carbonyl (C=O) groups is 2. The molecule has 32 heavy (non-hydrogen) atoms. The van der Waals surface area contributed by atoms with Crippen molar-refractivity contribution in [2.75, 3.05) is 0 Å². The molecule has 0 aliphatic heterocycles. The summed E-state index contributed by atoms with van der Waals surface area (Å²) in [5.74, 6) is -1.86. The van der Waals surface area contributed by atoms with Crippen LogP contribution >= 0.6 is 23.5 Å². The number of carboxylic acid groups (broad SMARTS) is 2. The Morgan fingerprint density at radius 2 is 0.875 bits per heavy atom. The number of rotatable bonds is 7. The molecule has 0 saturated heterocycles. The van der Waals surface area contributed by atoms with Crippen molar-refractivity contribution in [3.05, 3.63) is 108 Å². The molecule has 0 aliphatic carbocycles. The van der Waals surface area contributed by atoms with Gasteiger partial charge in [0.15, 0.2) is 0 Å². The standard InChI is InChI=1S/C26H18O4S2/c27-25(28)17-7-11-21(12-8-17)31-23-5-1-3-19(15-23)20-4-2-6-24(16-20)32-22-13-9-18(10-14-22)26(29)30/h1-16H,(H,27,28)(H,29,30). The van der Waals surface area contributed by atoms with Crippen molar-refractivity contribution in [2.24, 2.45) is 0 Å². The van der Waals surface area contributed by atoms with Crippen LogP contribution in [0.25, 0.3) is 11.1 Å². The minimum Gasteiger partial charge on any atom is -0.478 e. The van der Waals surface area contributed by atoms with Crippen LogP contribution in [0.4, 0.5) is 0 Å². The van der Waals surface area contributed by atoms with Gasteiger partial charge in [0, 0.05) is 19.6 Å². The highest BCUT2D eigenvalue weighted by molar-refractivity contribution is 7.99. The van der Waals surface area contributed by atoms with E-state index in [9.17, 15) is 9.59 Å². The Kier molecular flexibility index (Phi) is 6.63. The van der Waals surface area contributed by atoms with Gasteiger partial charge in [0.25, 0.3) is 0 Å². The molecule has 0 spiro atoms. The van der Waals surface area contributed by atoms with Crippen LogP contribution in [-0.4, -0.2) is 22.2 Å². The summed E-state index contributed by atoms with van der Waals surface area (Å²) >= 11 is 3.16. The van der Waals surface area contributed by atoms with Gasteiger partial charge in [0.2, 0.25) is 0 Å². The first-order chi connectivity index (χ1) is 15.5. The van der Waals surface area contributed by atoms with Gasteiger partial charge in [-0.05, 0) is 83.9 Å². The minimum atomic E-state index is -0.931. The molecule has 0 radical (unpaired) electrons. The zero-order chi connectivity index (χ0) is 22.5. The van der Waals surface area contributed by atoms with E-state index in [1.807, 2.05) is 48.5 Å². The zero-order valence-corrected chi connectivity index (χ0v) is 18.4. The van der Waals surface area contributed by atoms with E-state index in [0.29, 0.717) is 0 Å². The minimum absolute atomic E-state index is 0.273. The van der Waals surface area contributed by atoms with Gasteiger partial charge in [0.05, 0.1) is 11.1 Å². The van der Waals surface area contributed by atoms with Gasteiger partial charge in [-0.2, -0.15) is 0 Å². The Hall–Kier alpha value is -3.48. The molecule has 2 N–H and O–H groups in total. The number of benzene rings is 4. The van der Waals surface area contributed by atoms with E-state index in [2.05, 4.69) is 24.3 Å². The van der Waals surface area contributed by atoms with E-state index >= 15 is 0 Å². The fourth-order valence-electron chi connectivity index (χ4n) is 3.08. The molecule has 0 bridgehead atoms. The number of carboxylic acids is 2. The van der Waals surface area contributed by atoms with Crippen LogP contribution in [0.15, 0.2) is 117 Å². The molecule has 0 amide bonds. The Morgan fingerprint density at radius 3 is 1.22 bits per heavy atom. The highest BCUT2D eigenvalue weighted by Gasteiger charge is 2.07. The molecule has 0 aliphatic rings. The topological polar surface area (TPSA) is 74.6 Å². The van der Waals surface area contributed by atoms with Gasteiger partial charge in [0.1, 0.15) is 0 Å². The van der Waals surface area contributed by atoms with Crippen LogP contribution in [0, 0.1) is 0 Å². The number of hydrogen-bond acceptors (Lipinski definition) is 4. The van der Waals surface area contributed by atoms with Crippen molar-refractivity contribution >= 4 is 35.5 Å². The van der Waals surface area contributed by atoms with Gasteiger partial charge < -0.3 is 10.2 Å². The first-order valence-electron chi connectivity index (χ1n) is 9.71. The van der Waals surface area contributed by atoms with Crippen molar-refractivity contribution in [1.82, 2.24) is 0 Å². The van der Waals surface area contributed by atoms with Crippen molar-refractivity contribution in [3.8, 4) is 11.1 Å². The van der Waals surface area contributed by atoms with Crippen molar-refractivity contribution in [2.45, 2.75) is 19.6 Å². The fraction of sp³-hybridized carbons (Fsp3) is 0. The third kappa shape index (κ3) is 5.41. The Balaban J connectivity index is 1.51. The molecule has 4 aromatic carbocycles. The third-order valence-corrected chi connectivity index (χ3v) is 6.67. The summed E-state index contributed by atoms with van der Waals surface area (Å²) in [4.78, 5) is 26.1. The normalized spacial score (nSPS) is 10.6. The maximum absolute atomic E-state index is 11.0. The van der Waals surface area contributed by atoms with Gasteiger partial charge in [-0.1, -0.05) is 47.8 Å². The van der Waals surface area contributed by atoms with Crippen LogP contribution < -0.4 is 0 Å². The second kappa shape index (κ2) is 9.77. The first-order valence-corrected chi connectivity index (χ1v) is 11.3. The summed E-state index contributed by atoms with van der Waals surface area (Å²) in [5.41, 5.74) is 2.71. The monoisotopic (exact) mass is 458 g/mol. The number of aromatic carboxylic acids is 2. The molecule has 4 rings (SSSR count). The lowest BCUT2D eigenvalue weighted by molar-refractivity contribution is 0.0686. The summed E-state index contributed by atoms with van der Waals surface area (Å²) in [6.07, 6.45) is 0. The Bertz CT molecular complexity index is 1160. The second-order valence-electron chi connectivity index (χ2n) is 6.92. The highest BCUT2D eigenvalue weighted by atomic mass is 32.2. The predicted molar refractivity (Wildman–Crippen MR) is 127 cm³/mol. The van der Waals surface area contributed by atoms with Gasteiger partial charge in [-0.25, -0.2) is 9.59 Å². The molecule has 0 saturated carbocycles. The van der Waals surface area contributed by atoms with E-state index < -0.39 is 11.9 Å². The van der Waals surface area contributed by atoms with Gasteiger partial charge in [-0.15, -0.1) is 0 Å². The summed E-state index contributed by atoms with van der Waals surface area (Å²) in [6.45, 7) is 0. The summed E-state index contributed by atoms with van der Waals surface area (Å²) in [6, 6.07) is 30.1. The second-order valence-corrected chi connectivity index (χ2v) is 9.21. The van der Waals surface area contributed by atoms with Gasteiger partial charge in [-0.3, -0.25) is 0 Å². The van der Waals surface area contributed by atoms with Crippen LogP contribution in [-0.2, 0) is 0 Å². The molecule has 158 valence electrons. The molecule has 0 atom stereocenters. The summed E-state index contributed by atoms with van der Waals surface area (Å²) < 4.78 is 0. The molecule has 0 unspecified atom stereocenters. The Morgan fingerprint density at radius 1 is 0.500 bits per heavy atom. The zero-order valence-electron chi connectivity index (χ0n) is 16.8. The van der Waals surface area contributed by atoms with Crippen molar-refractivity contribution in [1.29, 1.82) is 0 Å². The predicted octanol–water partition coefficient (Wildman–Crippen LogP) is 7.05. The molecule has 0 aromatic heterocycles. The van der Waals surface area contributed by atoms with E-state index in [-0.39, 0.29) is 11.1 Å². The molecule has 4 nitrogen and oxygen atoms in total. The van der Waals surface area contributed by atoms with E-state index in [4.69, 9.17) is 10.2 Å². The molecular weight excluding hydrogens is 440 g/mol. The van der Waals surface area contributed by atoms with E-state index in [0.717, 1.165) is 30.7 Å². The maximum atomic E-state index is 11.0. The average Bonchev–Trinajstić information content (AvgIpc) is 2.80. The quantitative estimate of drug-likeness (QED) is 0.309. The van der Waals surface area contributed by atoms with E-state index in [1.54, 1.807) is 47.8 Å². The molecule has 4 aromatic rings. The molecule has 0 fully saturated rings. The lowest BCUT2D eigenvalue weighted by atomic mass is 10.1. The highest BCUT2D eigenvalue weighted by Crippen LogP contribution is 2.34. The molecule has 6 heteroatoms. The largest absolute Gasteiger partial charge is 0.478 e. The summed E-state index contributed by atoms with van der Waals surface area (Å²) in [5, 5.41) is 18.1. The van der Waals surface area contributed by atoms with Crippen LogP contribution in [0.3, 0.4) is 0 Å². The Labute approximate surface area is 193 Å². The van der Waals surface area contributed by atoms with Crippen LogP contribution in [0.5, 0.6) is 0 Å². The smallest absolute Gasteiger partial charge is 0.335 e.